The van der Waals surface area contributed by atoms with Crippen molar-refractivity contribution in [3.8, 4) is 0 Å². The second-order valence-electron chi connectivity index (χ2n) is 5.73. The second-order valence-corrected chi connectivity index (χ2v) is 7.15. The average molecular weight is 350 g/mol. The molecule has 1 unspecified atom stereocenters. The standard InChI is InChI=1S/C18H26N2O3S/c1-2-3-9-19-18(21)17(14-20-10-12-23-13-11-20)24(22)15-16-7-5-4-6-8-16/h4-8,14H,2-3,9-13,15H2,1H3,(H,19,21)/b17-14-. The molecule has 24 heavy (non-hydrogen) atoms. The molecule has 0 aliphatic carbocycles. The molecule has 1 atom stereocenters. The summed E-state index contributed by atoms with van der Waals surface area (Å²) >= 11 is 0. The van der Waals surface area contributed by atoms with Crippen LogP contribution in [0, 0.1) is 0 Å². The number of carbonyl (C=O) groups excluding carboxylic acids is 1. The van der Waals surface area contributed by atoms with E-state index in [4.69, 9.17) is 4.74 Å². The van der Waals surface area contributed by atoms with E-state index in [0.717, 1.165) is 18.4 Å². The van der Waals surface area contributed by atoms with Crippen LogP contribution < -0.4 is 5.32 Å². The number of nitrogens with zero attached hydrogens (tertiary/aromatic N) is 1. The highest BCUT2D eigenvalue weighted by atomic mass is 32.2. The van der Waals surface area contributed by atoms with Gasteiger partial charge in [-0.1, -0.05) is 43.7 Å². The van der Waals surface area contributed by atoms with E-state index < -0.39 is 10.8 Å². The molecule has 1 amide bonds. The van der Waals surface area contributed by atoms with Crippen LogP contribution in [0.1, 0.15) is 25.3 Å². The number of hydrogen-bond donors (Lipinski definition) is 1. The van der Waals surface area contributed by atoms with Gasteiger partial charge in [0.2, 0.25) is 0 Å². The Kier molecular flexibility index (Phi) is 7.98. The van der Waals surface area contributed by atoms with Gasteiger partial charge in [0.05, 0.1) is 29.8 Å². The van der Waals surface area contributed by atoms with Gasteiger partial charge in [-0.3, -0.25) is 9.00 Å². The topological polar surface area (TPSA) is 58.6 Å². The first-order valence-electron chi connectivity index (χ1n) is 8.45. The molecule has 1 saturated heterocycles. The lowest BCUT2D eigenvalue weighted by atomic mass is 10.2. The Morgan fingerprint density at radius 1 is 1.29 bits per heavy atom. The van der Waals surface area contributed by atoms with Crippen LogP contribution in [0.15, 0.2) is 41.4 Å². The van der Waals surface area contributed by atoms with Crippen molar-refractivity contribution in [2.75, 3.05) is 32.8 Å². The molecule has 2 rings (SSSR count). The average Bonchev–Trinajstić information content (AvgIpc) is 2.61. The number of ether oxygens (including phenoxy) is 1. The van der Waals surface area contributed by atoms with Gasteiger partial charge in [-0.15, -0.1) is 0 Å². The summed E-state index contributed by atoms with van der Waals surface area (Å²) in [6, 6.07) is 9.62. The first-order chi connectivity index (χ1) is 11.7. The summed E-state index contributed by atoms with van der Waals surface area (Å²) in [5.74, 6) is 0.113. The number of rotatable bonds is 8. The minimum atomic E-state index is -1.38. The summed E-state index contributed by atoms with van der Waals surface area (Å²) in [6.45, 7) is 5.38. The Morgan fingerprint density at radius 2 is 2.00 bits per heavy atom. The van der Waals surface area contributed by atoms with Gasteiger partial charge in [0.1, 0.15) is 4.91 Å². The summed E-state index contributed by atoms with van der Waals surface area (Å²) in [5, 5.41) is 2.88. The molecule has 1 aliphatic heterocycles. The van der Waals surface area contributed by atoms with Crippen molar-refractivity contribution in [3.63, 3.8) is 0 Å². The van der Waals surface area contributed by atoms with E-state index in [-0.39, 0.29) is 5.91 Å². The summed E-state index contributed by atoms with van der Waals surface area (Å²) in [5.41, 5.74) is 0.963. The molecule has 5 nitrogen and oxygen atoms in total. The Hall–Kier alpha value is -1.66. The molecule has 0 spiro atoms. The number of benzene rings is 1. The Balaban J connectivity index is 2.09. The minimum Gasteiger partial charge on any atom is -0.378 e. The SMILES string of the molecule is CCCCNC(=O)/C(=C/N1CCOCC1)S(=O)Cc1ccccc1. The third-order valence-electron chi connectivity index (χ3n) is 3.77. The van der Waals surface area contributed by atoms with Crippen LogP contribution in [-0.2, 0) is 26.1 Å². The zero-order chi connectivity index (χ0) is 17.2. The van der Waals surface area contributed by atoms with Crippen molar-refractivity contribution in [1.29, 1.82) is 0 Å². The molecule has 1 aliphatic rings. The van der Waals surface area contributed by atoms with Crippen molar-refractivity contribution in [2.24, 2.45) is 0 Å². The first-order valence-corrected chi connectivity index (χ1v) is 9.76. The Labute approximate surface area is 146 Å². The highest BCUT2D eigenvalue weighted by Gasteiger charge is 2.19. The van der Waals surface area contributed by atoms with Crippen LogP contribution in [0.4, 0.5) is 0 Å². The third kappa shape index (κ3) is 6.09. The van der Waals surface area contributed by atoms with Gasteiger partial charge in [0, 0.05) is 25.8 Å². The van der Waals surface area contributed by atoms with Gasteiger partial charge in [-0.25, -0.2) is 0 Å². The maximum atomic E-state index is 12.8. The van der Waals surface area contributed by atoms with Crippen molar-refractivity contribution >= 4 is 16.7 Å². The molecule has 6 heteroatoms. The highest BCUT2D eigenvalue weighted by molar-refractivity contribution is 7.89. The van der Waals surface area contributed by atoms with E-state index in [2.05, 4.69) is 12.2 Å². The minimum absolute atomic E-state index is 0.232. The lowest BCUT2D eigenvalue weighted by Crippen LogP contribution is -2.35. The smallest absolute Gasteiger partial charge is 0.261 e. The fourth-order valence-electron chi connectivity index (χ4n) is 2.36. The number of unbranched alkanes of at least 4 members (excludes halogenated alkanes) is 1. The second kappa shape index (κ2) is 10.3. The van der Waals surface area contributed by atoms with E-state index in [1.54, 1.807) is 6.20 Å². The third-order valence-corrected chi connectivity index (χ3v) is 5.15. The lowest BCUT2D eigenvalue weighted by molar-refractivity contribution is -0.116. The Bertz CT molecular complexity index is 569. The largest absolute Gasteiger partial charge is 0.378 e. The number of carbonyl (C=O) groups is 1. The van der Waals surface area contributed by atoms with Crippen molar-refractivity contribution < 1.29 is 13.7 Å². The quantitative estimate of drug-likeness (QED) is 0.576. The highest BCUT2D eigenvalue weighted by Crippen LogP contribution is 2.13. The van der Waals surface area contributed by atoms with Gasteiger partial charge in [0.15, 0.2) is 0 Å². The van der Waals surface area contributed by atoms with Crippen molar-refractivity contribution in [3.05, 3.63) is 47.0 Å². The zero-order valence-corrected chi connectivity index (χ0v) is 15.0. The lowest BCUT2D eigenvalue weighted by Gasteiger charge is -2.26. The van der Waals surface area contributed by atoms with Gasteiger partial charge >= 0.3 is 0 Å². The van der Waals surface area contributed by atoms with E-state index in [0.29, 0.717) is 43.5 Å². The van der Waals surface area contributed by atoms with Crippen LogP contribution in [0.25, 0.3) is 0 Å². The number of morpholine rings is 1. The molecule has 0 saturated carbocycles. The molecule has 0 bridgehead atoms. The molecule has 0 radical (unpaired) electrons. The fourth-order valence-corrected chi connectivity index (χ4v) is 3.56. The molecule has 1 fully saturated rings. The van der Waals surface area contributed by atoms with Crippen molar-refractivity contribution in [1.82, 2.24) is 10.2 Å². The van der Waals surface area contributed by atoms with Crippen LogP contribution in [-0.4, -0.2) is 47.9 Å². The van der Waals surface area contributed by atoms with Gasteiger partial charge in [-0.2, -0.15) is 0 Å². The van der Waals surface area contributed by atoms with Gasteiger partial charge in [0.25, 0.3) is 5.91 Å². The Morgan fingerprint density at radius 3 is 2.67 bits per heavy atom. The summed E-state index contributed by atoms with van der Waals surface area (Å²) in [4.78, 5) is 14.9. The zero-order valence-electron chi connectivity index (χ0n) is 14.2. The molecule has 1 aromatic carbocycles. The molecular weight excluding hydrogens is 324 g/mol. The monoisotopic (exact) mass is 350 g/mol. The summed E-state index contributed by atoms with van der Waals surface area (Å²) < 4.78 is 18.1. The number of nitrogens with one attached hydrogen (secondary N) is 1. The molecule has 1 N–H and O–H groups in total. The predicted octanol–water partition coefficient (Wildman–Crippen LogP) is 2.03. The number of amides is 1. The van der Waals surface area contributed by atoms with Gasteiger partial charge in [-0.05, 0) is 12.0 Å². The van der Waals surface area contributed by atoms with E-state index in [1.807, 2.05) is 35.2 Å². The molecule has 1 heterocycles. The van der Waals surface area contributed by atoms with Crippen LogP contribution in [0.2, 0.25) is 0 Å². The van der Waals surface area contributed by atoms with Crippen molar-refractivity contribution in [2.45, 2.75) is 25.5 Å². The molecule has 132 valence electrons. The molecule has 1 aromatic rings. The normalized spacial score (nSPS) is 16.7. The molecule has 0 aromatic heterocycles. The van der Waals surface area contributed by atoms with E-state index in [1.165, 1.54) is 0 Å². The first kappa shape index (κ1) is 18.7. The maximum absolute atomic E-state index is 12.8. The van der Waals surface area contributed by atoms with Crippen LogP contribution >= 0.6 is 0 Å². The van der Waals surface area contributed by atoms with Crippen LogP contribution in [0.3, 0.4) is 0 Å². The summed E-state index contributed by atoms with van der Waals surface area (Å²) in [6.07, 6.45) is 3.68. The van der Waals surface area contributed by atoms with E-state index >= 15 is 0 Å². The number of hydrogen-bond acceptors (Lipinski definition) is 4. The summed E-state index contributed by atoms with van der Waals surface area (Å²) in [7, 11) is -1.38. The maximum Gasteiger partial charge on any atom is 0.261 e. The predicted molar refractivity (Wildman–Crippen MR) is 96.7 cm³/mol. The van der Waals surface area contributed by atoms with Crippen LogP contribution in [0.5, 0.6) is 0 Å². The van der Waals surface area contributed by atoms with E-state index in [9.17, 15) is 9.00 Å². The molecular formula is C18H26N2O3S. The fraction of sp³-hybridized carbons (Fsp3) is 0.500. The van der Waals surface area contributed by atoms with Gasteiger partial charge < -0.3 is 15.0 Å².